The number of rotatable bonds is 1. The number of halogens is 1. The van der Waals surface area contributed by atoms with Crippen LogP contribution in [-0.4, -0.2) is 18.6 Å². The van der Waals surface area contributed by atoms with Crippen LogP contribution in [0.25, 0.3) is 0 Å². The molecule has 1 aliphatic rings. The quantitative estimate of drug-likeness (QED) is 0.523. The summed E-state index contributed by atoms with van der Waals surface area (Å²) in [5.74, 6) is -0.475. The molecule has 0 aliphatic heterocycles. The van der Waals surface area contributed by atoms with Gasteiger partial charge in [0.05, 0.1) is 0 Å². The molecule has 0 radical (unpaired) electrons. The average molecular weight is 117 g/mol. The predicted octanol–water partition coefficient (Wildman–Crippen LogP) is 0.234. The zero-order valence-electron chi connectivity index (χ0n) is 4.70. The Labute approximate surface area is 47.1 Å². The minimum atomic E-state index is -1.49. The molecule has 2 nitrogen and oxygen atoms in total. The first-order valence-corrected chi connectivity index (χ1v) is 2.60. The Bertz CT molecular complexity index is 120. The van der Waals surface area contributed by atoms with Gasteiger partial charge in [-0.15, -0.1) is 0 Å². The maximum absolute atomic E-state index is 12.5. The Hall–Kier alpha value is -0.600. The van der Waals surface area contributed by atoms with Crippen LogP contribution in [0.2, 0.25) is 0 Å². The highest BCUT2D eigenvalue weighted by atomic mass is 19.1. The SMILES string of the molecule is CNC(=O)C1(F)CC1. The molecule has 46 valence electrons. The third-order valence-electron chi connectivity index (χ3n) is 1.32. The number of amides is 1. The summed E-state index contributed by atoms with van der Waals surface area (Å²) in [6.07, 6.45) is 0.791. The summed E-state index contributed by atoms with van der Waals surface area (Å²) in [6.45, 7) is 0. The van der Waals surface area contributed by atoms with Crippen molar-refractivity contribution in [1.29, 1.82) is 0 Å². The van der Waals surface area contributed by atoms with Crippen LogP contribution in [0.4, 0.5) is 4.39 Å². The van der Waals surface area contributed by atoms with Gasteiger partial charge in [-0.3, -0.25) is 4.79 Å². The summed E-state index contributed by atoms with van der Waals surface area (Å²) < 4.78 is 12.5. The minimum Gasteiger partial charge on any atom is -0.356 e. The molecule has 0 heterocycles. The van der Waals surface area contributed by atoms with Crippen LogP contribution < -0.4 is 5.32 Å². The number of nitrogens with one attached hydrogen (secondary N) is 1. The molecule has 0 atom stereocenters. The molecule has 1 rings (SSSR count). The van der Waals surface area contributed by atoms with E-state index in [1.165, 1.54) is 7.05 Å². The van der Waals surface area contributed by atoms with Crippen LogP contribution in [0, 0.1) is 0 Å². The first kappa shape index (κ1) is 5.54. The van der Waals surface area contributed by atoms with Gasteiger partial charge in [-0.25, -0.2) is 4.39 Å². The largest absolute Gasteiger partial charge is 0.356 e. The monoisotopic (exact) mass is 117 g/mol. The van der Waals surface area contributed by atoms with Crippen molar-refractivity contribution in [3.8, 4) is 0 Å². The van der Waals surface area contributed by atoms with Crippen LogP contribution in [0.5, 0.6) is 0 Å². The van der Waals surface area contributed by atoms with Crippen molar-refractivity contribution < 1.29 is 9.18 Å². The van der Waals surface area contributed by atoms with Crippen LogP contribution in [0.3, 0.4) is 0 Å². The Kier molecular flexibility index (Phi) is 0.994. The average Bonchev–Trinajstić information content (AvgIpc) is 2.47. The zero-order chi connectivity index (χ0) is 6.20. The van der Waals surface area contributed by atoms with Crippen molar-refractivity contribution in [2.45, 2.75) is 18.5 Å². The number of hydrogen-bond acceptors (Lipinski definition) is 1. The third kappa shape index (κ3) is 0.680. The van der Waals surface area contributed by atoms with Gasteiger partial charge in [0.15, 0.2) is 5.67 Å². The van der Waals surface area contributed by atoms with Gasteiger partial charge in [0.1, 0.15) is 0 Å². The number of hydrogen-bond donors (Lipinski definition) is 1. The fourth-order valence-corrected chi connectivity index (χ4v) is 0.561. The van der Waals surface area contributed by atoms with Gasteiger partial charge >= 0.3 is 0 Å². The summed E-state index contributed by atoms with van der Waals surface area (Å²) in [5, 5.41) is 2.25. The molecule has 0 aromatic heterocycles. The van der Waals surface area contributed by atoms with Crippen molar-refractivity contribution in [1.82, 2.24) is 5.32 Å². The van der Waals surface area contributed by atoms with Gasteiger partial charge in [-0.1, -0.05) is 0 Å². The lowest BCUT2D eigenvalue weighted by molar-refractivity contribution is -0.126. The van der Waals surface area contributed by atoms with E-state index in [9.17, 15) is 9.18 Å². The van der Waals surface area contributed by atoms with Gasteiger partial charge in [0.2, 0.25) is 0 Å². The smallest absolute Gasteiger partial charge is 0.257 e. The van der Waals surface area contributed by atoms with Crippen molar-refractivity contribution in [2.24, 2.45) is 0 Å². The fraction of sp³-hybridized carbons (Fsp3) is 0.800. The molecule has 0 saturated heterocycles. The first-order valence-electron chi connectivity index (χ1n) is 2.60. The van der Waals surface area contributed by atoms with E-state index in [4.69, 9.17) is 0 Å². The highest BCUT2D eigenvalue weighted by Gasteiger charge is 2.50. The van der Waals surface area contributed by atoms with E-state index in [-0.39, 0.29) is 0 Å². The van der Waals surface area contributed by atoms with Crippen LogP contribution in [0.15, 0.2) is 0 Å². The standard InChI is InChI=1S/C5H8FNO/c1-7-4(8)5(6)2-3-5/h2-3H2,1H3,(H,7,8). The van der Waals surface area contributed by atoms with E-state index in [1.807, 2.05) is 0 Å². The van der Waals surface area contributed by atoms with E-state index < -0.39 is 11.6 Å². The first-order chi connectivity index (χ1) is 3.69. The Balaban J connectivity index is 2.46. The van der Waals surface area contributed by atoms with E-state index in [2.05, 4.69) is 5.32 Å². The number of alkyl halides is 1. The van der Waals surface area contributed by atoms with Crippen molar-refractivity contribution in [3.63, 3.8) is 0 Å². The molecule has 0 unspecified atom stereocenters. The molecular weight excluding hydrogens is 109 g/mol. The second-order valence-electron chi connectivity index (χ2n) is 2.04. The van der Waals surface area contributed by atoms with Crippen LogP contribution >= 0.6 is 0 Å². The highest BCUT2D eigenvalue weighted by Crippen LogP contribution is 2.39. The van der Waals surface area contributed by atoms with Crippen molar-refractivity contribution in [2.75, 3.05) is 7.05 Å². The lowest BCUT2D eigenvalue weighted by Crippen LogP contribution is -2.29. The highest BCUT2D eigenvalue weighted by molar-refractivity contribution is 5.87. The summed E-state index contributed by atoms with van der Waals surface area (Å²) in [5.41, 5.74) is -1.49. The predicted molar refractivity (Wildman–Crippen MR) is 27.1 cm³/mol. The molecule has 0 aromatic rings. The maximum Gasteiger partial charge on any atom is 0.257 e. The van der Waals surface area contributed by atoms with Gasteiger partial charge in [-0.2, -0.15) is 0 Å². The van der Waals surface area contributed by atoms with E-state index in [1.54, 1.807) is 0 Å². The lowest BCUT2D eigenvalue weighted by Gasteiger charge is -1.99. The molecular formula is C5H8FNO. The van der Waals surface area contributed by atoms with E-state index in [0.29, 0.717) is 12.8 Å². The molecule has 0 bridgehead atoms. The Morgan fingerprint density at radius 3 is 2.38 bits per heavy atom. The second-order valence-corrected chi connectivity index (χ2v) is 2.04. The maximum atomic E-state index is 12.5. The molecule has 1 N–H and O–H groups in total. The summed E-state index contributed by atoms with van der Waals surface area (Å²) in [6, 6.07) is 0. The summed E-state index contributed by atoms with van der Waals surface area (Å²) in [7, 11) is 1.45. The van der Waals surface area contributed by atoms with Gasteiger partial charge < -0.3 is 5.32 Å². The Morgan fingerprint density at radius 2 is 2.25 bits per heavy atom. The van der Waals surface area contributed by atoms with Gasteiger partial charge in [0.25, 0.3) is 5.91 Å². The van der Waals surface area contributed by atoms with E-state index in [0.717, 1.165) is 0 Å². The molecule has 0 spiro atoms. The number of carbonyl (C=O) groups excluding carboxylic acids is 1. The molecule has 1 amide bonds. The van der Waals surface area contributed by atoms with Gasteiger partial charge in [0, 0.05) is 7.05 Å². The molecule has 1 saturated carbocycles. The van der Waals surface area contributed by atoms with Crippen molar-refractivity contribution >= 4 is 5.91 Å². The molecule has 1 aliphatic carbocycles. The normalized spacial score (nSPS) is 22.2. The molecule has 1 fully saturated rings. The summed E-state index contributed by atoms with van der Waals surface area (Å²) in [4.78, 5) is 10.4. The molecule has 8 heavy (non-hydrogen) atoms. The second kappa shape index (κ2) is 1.44. The van der Waals surface area contributed by atoms with E-state index >= 15 is 0 Å². The zero-order valence-corrected chi connectivity index (χ0v) is 4.70. The third-order valence-corrected chi connectivity index (χ3v) is 1.32. The van der Waals surface area contributed by atoms with Crippen molar-refractivity contribution in [3.05, 3.63) is 0 Å². The van der Waals surface area contributed by atoms with Crippen LogP contribution in [-0.2, 0) is 4.79 Å². The molecule has 3 heteroatoms. The van der Waals surface area contributed by atoms with Gasteiger partial charge in [-0.05, 0) is 12.8 Å². The lowest BCUT2D eigenvalue weighted by atomic mass is 10.3. The number of carbonyl (C=O) groups is 1. The topological polar surface area (TPSA) is 29.1 Å². The van der Waals surface area contributed by atoms with Crippen LogP contribution in [0.1, 0.15) is 12.8 Å². The summed E-state index contributed by atoms with van der Waals surface area (Å²) >= 11 is 0. The fourth-order valence-electron chi connectivity index (χ4n) is 0.561. The molecule has 0 aromatic carbocycles. The Morgan fingerprint density at radius 1 is 1.75 bits per heavy atom. The minimum absolute atomic E-state index is 0.396.